The fourth-order valence-electron chi connectivity index (χ4n) is 1.50. The number of hydrogen-bond acceptors (Lipinski definition) is 5. The lowest BCUT2D eigenvalue weighted by Crippen LogP contribution is -2.16. The molecule has 5 nitrogen and oxygen atoms in total. The molecule has 5 heteroatoms. The van der Waals surface area contributed by atoms with Gasteiger partial charge in [-0.15, -0.1) is 0 Å². The predicted molar refractivity (Wildman–Crippen MR) is 70.3 cm³/mol. The van der Waals surface area contributed by atoms with Gasteiger partial charge in [0.25, 0.3) is 0 Å². The smallest absolute Gasteiger partial charge is 0.340 e. The van der Waals surface area contributed by atoms with Gasteiger partial charge < -0.3 is 15.4 Å². The minimum Gasteiger partial charge on any atom is -0.462 e. The molecule has 0 saturated heterocycles. The second-order valence-corrected chi connectivity index (χ2v) is 4.07. The number of rotatable bonds is 5. The molecule has 0 aliphatic heterocycles. The first-order valence-corrected chi connectivity index (χ1v) is 5.67. The number of esters is 1. The van der Waals surface area contributed by atoms with Gasteiger partial charge in [-0.05, 0) is 24.6 Å². The minimum absolute atomic E-state index is 0.244. The van der Waals surface area contributed by atoms with E-state index in [2.05, 4.69) is 0 Å². The molecule has 0 amide bonds. The van der Waals surface area contributed by atoms with Crippen LogP contribution in [0.5, 0.6) is 0 Å². The number of benzene rings is 1. The third kappa shape index (κ3) is 3.67. The fraction of sp³-hybridized carbons (Fsp3) is 0.385. The number of carbonyl (C=O) groups is 1. The Bertz CT molecular complexity index is 464. The molecular weight excluding hydrogens is 230 g/mol. The summed E-state index contributed by atoms with van der Waals surface area (Å²) in [4.78, 5) is 13.7. The molecule has 1 aromatic rings. The lowest BCUT2D eigenvalue weighted by molar-refractivity contribution is 0.0502. The lowest BCUT2D eigenvalue weighted by Gasteiger charge is -2.17. The van der Waals surface area contributed by atoms with E-state index in [1.54, 1.807) is 18.2 Å². The molecule has 1 rings (SSSR count). The number of nitriles is 1. The van der Waals surface area contributed by atoms with Crippen LogP contribution < -0.4 is 10.6 Å². The van der Waals surface area contributed by atoms with E-state index >= 15 is 0 Å². The van der Waals surface area contributed by atoms with Crippen molar-refractivity contribution in [1.29, 1.82) is 5.26 Å². The average Bonchev–Trinajstić information content (AvgIpc) is 2.34. The summed E-state index contributed by atoms with van der Waals surface area (Å²) in [5, 5.41) is 8.39. The van der Waals surface area contributed by atoms with Crippen LogP contribution in [-0.2, 0) is 4.74 Å². The molecule has 0 spiro atoms. The van der Waals surface area contributed by atoms with Gasteiger partial charge in [-0.25, -0.2) is 4.79 Å². The van der Waals surface area contributed by atoms with E-state index in [0.29, 0.717) is 24.1 Å². The second-order valence-electron chi connectivity index (χ2n) is 4.07. The van der Waals surface area contributed by atoms with Crippen LogP contribution in [0.15, 0.2) is 18.2 Å². The van der Waals surface area contributed by atoms with Crippen LogP contribution in [0.1, 0.15) is 23.2 Å². The number of anilines is 2. The van der Waals surface area contributed by atoms with E-state index in [4.69, 9.17) is 15.7 Å². The van der Waals surface area contributed by atoms with E-state index in [1.165, 1.54) is 0 Å². The quantitative estimate of drug-likeness (QED) is 0.487. The van der Waals surface area contributed by atoms with Crippen molar-refractivity contribution in [3.63, 3.8) is 0 Å². The summed E-state index contributed by atoms with van der Waals surface area (Å²) in [5.74, 6) is -0.413. The van der Waals surface area contributed by atoms with Gasteiger partial charge in [-0.1, -0.05) is 0 Å². The molecule has 96 valence electrons. The number of ether oxygens (including phenoxy) is 1. The van der Waals surface area contributed by atoms with Crippen LogP contribution in [0.2, 0.25) is 0 Å². The van der Waals surface area contributed by atoms with Crippen molar-refractivity contribution < 1.29 is 9.53 Å². The number of unbranched alkanes of at least 4 members (excludes halogenated alkanes) is 1. The molecule has 0 aliphatic rings. The molecule has 2 N–H and O–H groups in total. The zero-order chi connectivity index (χ0) is 13.5. The molecule has 0 heterocycles. The van der Waals surface area contributed by atoms with E-state index in [1.807, 2.05) is 25.1 Å². The number of carbonyl (C=O) groups excluding carboxylic acids is 1. The van der Waals surface area contributed by atoms with Gasteiger partial charge >= 0.3 is 5.97 Å². The highest BCUT2D eigenvalue weighted by Gasteiger charge is 2.14. The monoisotopic (exact) mass is 247 g/mol. The normalized spacial score (nSPS) is 9.61. The molecule has 0 fully saturated rings. The summed E-state index contributed by atoms with van der Waals surface area (Å²) < 4.78 is 5.10. The van der Waals surface area contributed by atoms with Crippen molar-refractivity contribution in [3.05, 3.63) is 23.8 Å². The van der Waals surface area contributed by atoms with Crippen LogP contribution >= 0.6 is 0 Å². The lowest BCUT2D eigenvalue weighted by atomic mass is 10.1. The van der Waals surface area contributed by atoms with Crippen LogP contribution in [0, 0.1) is 11.3 Å². The first-order chi connectivity index (χ1) is 8.56. The van der Waals surface area contributed by atoms with E-state index < -0.39 is 5.97 Å². The summed E-state index contributed by atoms with van der Waals surface area (Å²) in [5.41, 5.74) is 7.39. The number of hydrogen-bond donors (Lipinski definition) is 1. The summed E-state index contributed by atoms with van der Waals surface area (Å²) in [6.45, 7) is 0.244. The average molecular weight is 247 g/mol. The van der Waals surface area contributed by atoms with Crippen LogP contribution in [0.4, 0.5) is 11.4 Å². The number of nitrogens with zero attached hydrogens (tertiary/aromatic N) is 2. The zero-order valence-corrected chi connectivity index (χ0v) is 10.6. The van der Waals surface area contributed by atoms with E-state index in [9.17, 15) is 4.79 Å². The molecule has 0 aliphatic carbocycles. The molecule has 0 unspecified atom stereocenters. The molecule has 0 bridgehead atoms. The molecule has 0 radical (unpaired) electrons. The Morgan fingerprint density at radius 3 is 2.83 bits per heavy atom. The summed E-state index contributed by atoms with van der Waals surface area (Å²) in [6.07, 6.45) is 0.923. The Balaban J connectivity index is 2.78. The SMILES string of the molecule is CN(C)c1ccc(N)cc1C(=O)OCCCC#N. The van der Waals surface area contributed by atoms with Gasteiger partial charge in [0.2, 0.25) is 0 Å². The number of nitrogens with two attached hydrogens (primary N) is 1. The van der Waals surface area contributed by atoms with Crippen molar-refractivity contribution in [1.82, 2.24) is 0 Å². The summed E-state index contributed by atoms with van der Waals surface area (Å²) in [6, 6.07) is 7.12. The Morgan fingerprint density at radius 1 is 1.50 bits per heavy atom. The standard InChI is InChI=1S/C13H17N3O2/c1-16(2)12-6-5-10(15)9-11(12)13(17)18-8-4-3-7-14/h5-6,9H,3-4,8,15H2,1-2H3. The predicted octanol–water partition coefficient (Wildman–Crippen LogP) is 1.80. The molecule has 18 heavy (non-hydrogen) atoms. The Hall–Kier alpha value is -2.22. The summed E-state index contributed by atoms with van der Waals surface area (Å²) in [7, 11) is 3.69. The van der Waals surface area contributed by atoms with Crippen LogP contribution in [0.25, 0.3) is 0 Å². The van der Waals surface area contributed by atoms with Crippen molar-refractivity contribution in [2.24, 2.45) is 0 Å². The Kier molecular flexibility index (Phi) is 5.00. The second kappa shape index (κ2) is 6.50. The highest BCUT2D eigenvalue weighted by Crippen LogP contribution is 2.22. The topological polar surface area (TPSA) is 79.3 Å². The minimum atomic E-state index is -0.413. The molecule has 1 aromatic carbocycles. The molecule has 0 aromatic heterocycles. The first kappa shape index (κ1) is 13.8. The largest absolute Gasteiger partial charge is 0.462 e. The number of nitrogen functional groups attached to an aromatic ring is 1. The third-order valence-electron chi connectivity index (χ3n) is 2.39. The highest BCUT2D eigenvalue weighted by atomic mass is 16.5. The van der Waals surface area contributed by atoms with Gasteiger partial charge in [0, 0.05) is 26.2 Å². The maximum atomic E-state index is 11.9. The van der Waals surface area contributed by atoms with Gasteiger partial charge in [0.05, 0.1) is 23.9 Å². The van der Waals surface area contributed by atoms with E-state index in [-0.39, 0.29) is 6.61 Å². The third-order valence-corrected chi connectivity index (χ3v) is 2.39. The molecule has 0 saturated carbocycles. The Labute approximate surface area is 107 Å². The first-order valence-electron chi connectivity index (χ1n) is 5.67. The van der Waals surface area contributed by atoms with Gasteiger partial charge in [-0.2, -0.15) is 5.26 Å². The van der Waals surface area contributed by atoms with Gasteiger partial charge in [0.1, 0.15) is 0 Å². The van der Waals surface area contributed by atoms with Gasteiger partial charge in [0.15, 0.2) is 0 Å². The highest BCUT2D eigenvalue weighted by molar-refractivity contribution is 5.96. The van der Waals surface area contributed by atoms with Crippen LogP contribution in [-0.4, -0.2) is 26.7 Å². The zero-order valence-electron chi connectivity index (χ0n) is 10.6. The Morgan fingerprint density at radius 2 is 2.22 bits per heavy atom. The van der Waals surface area contributed by atoms with Gasteiger partial charge in [-0.3, -0.25) is 0 Å². The fourth-order valence-corrected chi connectivity index (χ4v) is 1.50. The van der Waals surface area contributed by atoms with Crippen molar-refractivity contribution in [2.75, 3.05) is 31.3 Å². The van der Waals surface area contributed by atoms with Crippen LogP contribution in [0.3, 0.4) is 0 Å². The molecule has 0 atom stereocenters. The van der Waals surface area contributed by atoms with Crippen molar-refractivity contribution >= 4 is 17.3 Å². The van der Waals surface area contributed by atoms with Crippen molar-refractivity contribution in [3.8, 4) is 6.07 Å². The maximum Gasteiger partial charge on any atom is 0.340 e. The maximum absolute atomic E-state index is 11.9. The summed E-state index contributed by atoms with van der Waals surface area (Å²) >= 11 is 0. The molecular formula is C13H17N3O2. The van der Waals surface area contributed by atoms with E-state index in [0.717, 1.165) is 5.69 Å². The van der Waals surface area contributed by atoms with Crippen molar-refractivity contribution in [2.45, 2.75) is 12.8 Å².